The Balaban J connectivity index is 1.91. The lowest BCUT2D eigenvalue weighted by atomic mass is 10.0. The summed E-state index contributed by atoms with van der Waals surface area (Å²) in [6.07, 6.45) is 17.2. The summed E-state index contributed by atoms with van der Waals surface area (Å²) in [6.45, 7) is 1.45. The number of aliphatic hydroxyl groups excluding tert-OH is 1. The molecule has 2 atom stereocenters. The van der Waals surface area contributed by atoms with Gasteiger partial charge in [-0.25, -0.2) is 0 Å². The van der Waals surface area contributed by atoms with Gasteiger partial charge in [-0.2, -0.15) is 0 Å². The molecule has 3 N–H and O–H groups in total. The molecule has 0 aromatic carbocycles. The fourth-order valence-electron chi connectivity index (χ4n) is 2.81. The van der Waals surface area contributed by atoms with E-state index in [-0.39, 0.29) is 6.42 Å². The zero-order chi connectivity index (χ0) is 17.9. The third kappa shape index (κ3) is 6.63. The van der Waals surface area contributed by atoms with E-state index in [0.29, 0.717) is 6.42 Å². The number of rotatable bonds is 15. The number of ether oxygens (including phenoxy) is 1. The standard InChI is InChI=1S/C19H34O5/c1-2-3-4-5-6-7-8-9-10-11-12-13-14-15-17(21)19(23)18(22,16-20)24-19/h7-8,20,22-23H,2-6,9-16H2,1H3/b8-7-. The van der Waals surface area contributed by atoms with Crippen molar-refractivity contribution in [3.8, 4) is 0 Å². The minimum Gasteiger partial charge on any atom is -0.391 e. The van der Waals surface area contributed by atoms with Crippen LogP contribution in [0.1, 0.15) is 84.0 Å². The quantitative estimate of drug-likeness (QED) is 0.241. The molecule has 0 aromatic heterocycles. The lowest BCUT2D eigenvalue weighted by Gasteiger charge is -2.07. The van der Waals surface area contributed by atoms with Crippen molar-refractivity contribution in [2.24, 2.45) is 0 Å². The minimum absolute atomic E-state index is 0.163. The molecule has 0 aromatic rings. The highest BCUT2D eigenvalue weighted by Crippen LogP contribution is 2.44. The van der Waals surface area contributed by atoms with Crippen LogP contribution >= 0.6 is 0 Å². The second kappa shape index (κ2) is 11.0. The molecule has 140 valence electrons. The molecule has 0 spiro atoms. The third-order valence-corrected chi connectivity index (χ3v) is 4.56. The molecule has 1 fully saturated rings. The first-order chi connectivity index (χ1) is 11.5. The number of epoxide rings is 1. The number of allylic oxidation sites excluding steroid dienone is 2. The van der Waals surface area contributed by atoms with Crippen LogP contribution in [0.25, 0.3) is 0 Å². The van der Waals surface area contributed by atoms with Gasteiger partial charge < -0.3 is 15.3 Å². The van der Waals surface area contributed by atoms with Crippen LogP contribution in [-0.2, 0) is 9.53 Å². The van der Waals surface area contributed by atoms with Gasteiger partial charge in [-0.3, -0.25) is 9.53 Å². The molecule has 1 aliphatic rings. The normalized spacial score (nSPS) is 26.2. The van der Waals surface area contributed by atoms with Crippen LogP contribution in [-0.4, -0.2) is 39.3 Å². The molecule has 0 bridgehead atoms. The van der Waals surface area contributed by atoms with E-state index in [1.54, 1.807) is 0 Å². The molecule has 5 heteroatoms. The predicted octanol–water partition coefficient (Wildman–Crippen LogP) is 3.21. The number of hydrogen-bond acceptors (Lipinski definition) is 5. The third-order valence-electron chi connectivity index (χ3n) is 4.56. The SMILES string of the molecule is CCCCCC/C=C\CCCCCCCC(=O)C1(O)OC1(O)CO. The second-order valence-electron chi connectivity index (χ2n) is 6.74. The zero-order valence-corrected chi connectivity index (χ0v) is 15.0. The molecule has 1 rings (SSSR count). The number of aliphatic hydroxyl groups is 3. The highest BCUT2D eigenvalue weighted by molar-refractivity contribution is 5.89. The second-order valence-corrected chi connectivity index (χ2v) is 6.74. The van der Waals surface area contributed by atoms with Crippen molar-refractivity contribution in [2.45, 2.75) is 95.5 Å². The maximum Gasteiger partial charge on any atom is 0.287 e. The van der Waals surface area contributed by atoms with Gasteiger partial charge in [0.15, 0.2) is 5.78 Å². The summed E-state index contributed by atoms with van der Waals surface area (Å²) in [4.78, 5) is 11.7. The van der Waals surface area contributed by atoms with Gasteiger partial charge in [0.2, 0.25) is 0 Å². The van der Waals surface area contributed by atoms with Gasteiger partial charge in [-0.05, 0) is 32.1 Å². The topological polar surface area (TPSA) is 90.3 Å². The van der Waals surface area contributed by atoms with Crippen LogP contribution in [0.5, 0.6) is 0 Å². The van der Waals surface area contributed by atoms with Crippen molar-refractivity contribution in [3.63, 3.8) is 0 Å². The van der Waals surface area contributed by atoms with Gasteiger partial charge in [0.1, 0.15) is 6.61 Å². The Kier molecular flexibility index (Phi) is 9.74. The first kappa shape index (κ1) is 21.3. The summed E-state index contributed by atoms with van der Waals surface area (Å²) in [6, 6.07) is 0. The monoisotopic (exact) mass is 342 g/mol. The summed E-state index contributed by atoms with van der Waals surface area (Å²) in [5, 5.41) is 28.0. The lowest BCUT2D eigenvalue weighted by Crippen LogP contribution is -2.36. The predicted molar refractivity (Wildman–Crippen MR) is 93.3 cm³/mol. The Hall–Kier alpha value is -0.750. The summed E-state index contributed by atoms with van der Waals surface area (Å²) >= 11 is 0. The van der Waals surface area contributed by atoms with Gasteiger partial charge in [0.05, 0.1) is 0 Å². The van der Waals surface area contributed by atoms with Crippen molar-refractivity contribution in [2.75, 3.05) is 6.61 Å². The first-order valence-electron chi connectivity index (χ1n) is 9.44. The largest absolute Gasteiger partial charge is 0.391 e. The smallest absolute Gasteiger partial charge is 0.287 e. The molecule has 1 heterocycles. The summed E-state index contributed by atoms with van der Waals surface area (Å²) in [5.41, 5.74) is 0. The number of ketones is 1. The summed E-state index contributed by atoms with van der Waals surface area (Å²) in [5.74, 6) is -4.83. The van der Waals surface area contributed by atoms with Crippen molar-refractivity contribution in [1.82, 2.24) is 0 Å². The van der Waals surface area contributed by atoms with Crippen LogP contribution in [0, 0.1) is 0 Å². The van der Waals surface area contributed by atoms with E-state index in [1.807, 2.05) is 0 Å². The Morgan fingerprint density at radius 1 is 0.917 bits per heavy atom. The molecule has 0 amide bonds. The molecule has 24 heavy (non-hydrogen) atoms. The van der Waals surface area contributed by atoms with Crippen molar-refractivity contribution in [3.05, 3.63) is 12.2 Å². The van der Waals surface area contributed by atoms with E-state index in [9.17, 15) is 15.0 Å². The maximum absolute atomic E-state index is 11.7. The molecule has 2 unspecified atom stereocenters. The van der Waals surface area contributed by atoms with Gasteiger partial charge in [0, 0.05) is 6.42 Å². The van der Waals surface area contributed by atoms with Crippen LogP contribution in [0.3, 0.4) is 0 Å². The Morgan fingerprint density at radius 3 is 2.00 bits per heavy atom. The van der Waals surface area contributed by atoms with E-state index >= 15 is 0 Å². The Labute approximate surface area is 145 Å². The lowest BCUT2D eigenvalue weighted by molar-refractivity contribution is -0.138. The number of hydrogen-bond donors (Lipinski definition) is 3. The van der Waals surface area contributed by atoms with E-state index in [4.69, 9.17) is 5.11 Å². The van der Waals surface area contributed by atoms with Gasteiger partial charge in [-0.1, -0.05) is 57.6 Å². The van der Waals surface area contributed by atoms with Crippen LogP contribution in [0.2, 0.25) is 0 Å². The van der Waals surface area contributed by atoms with E-state index in [2.05, 4.69) is 23.8 Å². The van der Waals surface area contributed by atoms with Crippen molar-refractivity contribution < 1.29 is 24.9 Å². The average Bonchev–Trinajstić information content (AvgIpc) is 3.15. The average molecular weight is 342 g/mol. The minimum atomic E-state index is -2.19. The van der Waals surface area contributed by atoms with Crippen molar-refractivity contribution >= 4 is 5.78 Å². The number of carbonyl (C=O) groups excluding carboxylic acids is 1. The van der Waals surface area contributed by atoms with Crippen LogP contribution < -0.4 is 0 Å². The van der Waals surface area contributed by atoms with E-state index < -0.39 is 24.0 Å². The fourth-order valence-corrected chi connectivity index (χ4v) is 2.81. The van der Waals surface area contributed by atoms with Crippen LogP contribution in [0.4, 0.5) is 0 Å². The molecule has 0 radical (unpaired) electrons. The number of Topliss-reactive ketones (excluding diaryl/α,β-unsaturated/α-hetero) is 1. The van der Waals surface area contributed by atoms with Gasteiger partial charge >= 0.3 is 0 Å². The van der Waals surface area contributed by atoms with E-state index in [0.717, 1.165) is 32.1 Å². The number of carbonyl (C=O) groups is 1. The molecule has 0 saturated carbocycles. The maximum atomic E-state index is 11.7. The van der Waals surface area contributed by atoms with Gasteiger partial charge in [-0.15, -0.1) is 0 Å². The molecular formula is C19H34O5. The Morgan fingerprint density at radius 2 is 1.46 bits per heavy atom. The molecular weight excluding hydrogens is 308 g/mol. The van der Waals surface area contributed by atoms with Crippen LogP contribution in [0.15, 0.2) is 12.2 Å². The first-order valence-corrected chi connectivity index (χ1v) is 9.44. The summed E-state index contributed by atoms with van der Waals surface area (Å²) in [7, 11) is 0. The highest BCUT2D eigenvalue weighted by atomic mass is 16.8. The Bertz CT molecular complexity index is 395. The zero-order valence-electron chi connectivity index (χ0n) is 15.0. The number of unbranched alkanes of at least 4 members (excludes halogenated alkanes) is 9. The fraction of sp³-hybridized carbons (Fsp3) is 0.842. The van der Waals surface area contributed by atoms with Crippen molar-refractivity contribution in [1.29, 1.82) is 0 Å². The molecule has 5 nitrogen and oxygen atoms in total. The summed E-state index contributed by atoms with van der Waals surface area (Å²) < 4.78 is 4.57. The molecule has 1 saturated heterocycles. The highest BCUT2D eigenvalue weighted by Gasteiger charge is 2.74. The molecule has 0 aliphatic carbocycles. The van der Waals surface area contributed by atoms with Gasteiger partial charge in [0.25, 0.3) is 11.6 Å². The van der Waals surface area contributed by atoms with E-state index in [1.165, 1.54) is 32.1 Å². The molecule has 1 aliphatic heterocycles.